The van der Waals surface area contributed by atoms with Crippen molar-refractivity contribution < 1.29 is 4.74 Å². The summed E-state index contributed by atoms with van der Waals surface area (Å²) in [5.74, 6) is 0.718. The second-order valence-corrected chi connectivity index (χ2v) is 2.34. The van der Waals surface area contributed by atoms with Crippen LogP contribution in [-0.2, 0) is 0 Å². The van der Waals surface area contributed by atoms with Crippen molar-refractivity contribution in [3.05, 3.63) is 24.0 Å². The Bertz CT molecular complexity index is 274. The zero-order valence-electron chi connectivity index (χ0n) is 6.95. The molecule has 0 fully saturated rings. The molecule has 1 rings (SSSR count). The molecule has 12 heavy (non-hydrogen) atoms. The van der Waals surface area contributed by atoms with Crippen LogP contribution in [0.4, 0.5) is 0 Å². The normalized spacial score (nSPS) is 9.00. The van der Waals surface area contributed by atoms with Gasteiger partial charge in [-0.3, -0.25) is 0 Å². The highest BCUT2D eigenvalue weighted by Gasteiger charge is 1.93. The first-order valence-electron chi connectivity index (χ1n) is 3.85. The van der Waals surface area contributed by atoms with Crippen LogP contribution in [0.25, 0.3) is 0 Å². The highest BCUT2D eigenvalue weighted by atomic mass is 16.5. The Balaban J connectivity index is 2.60. The number of aromatic nitrogens is 1. The molecule has 3 nitrogen and oxygen atoms in total. The van der Waals surface area contributed by atoms with Crippen molar-refractivity contribution in [2.45, 2.75) is 13.3 Å². The van der Waals surface area contributed by atoms with Crippen molar-refractivity contribution in [2.24, 2.45) is 0 Å². The molecule has 1 heterocycles. The molecule has 0 saturated carbocycles. The van der Waals surface area contributed by atoms with E-state index >= 15 is 0 Å². The number of ether oxygens (including phenoxy) is 1. The van der Waals surface area contributed by atoms with Crippen molar-refractivity contribution in [3.63, 3.8) is 0 Å². The molecule has 0 aliphatic carbocycles. The molecule has 0 aliphatic heterocycles. The molecule has 0 spiro atoms. The Morgan fingerprint density at radius 2 is 2.42 bits per heavy atom. The first kappa shape index (κ1) is 8.54. The molecule has 0 radical (unpaired) electrons. The first-order chi connectivity index (χ1) is 5.86. The number of pyridine rings is 1. The van der Waals surface area contributed by atoms with Gasteiger partial charge in [0.2, 0.25) is 0 Å². The lowest BCUT2D eigenvalue weighted by atomic mass is 10.4. The number of nitriles is 1. The van der Waals surface area contributed by atoms with Crippen LogP contribution in [0.2, 0.25) is 0 Å². The van der Waals surface area contributed by atoms with E-state index in [1.54, 1.807) is 18.3 Å². The van der Waals surface area contributed by atoms with Gasteiger partial charge < -0.3 is 4.74 Å². The summed E-state index contributed by atoms with van der Waals surface area (Å²) < 4.78 is 5.28. The Hall–Kier alpha value is -1.56. The summed E-state index contributed by atoms with van der Waals surface area (Å²) in [4.78, 5) is 3.86. The van der Waals surface area contributed by atoms with Crippen LogP contribution in [0.3, 0.4) is 0 Å². The van der Waals surface area contributed by atoms with Gasteiger partial charge in [0.25, 0.3) is 0 Å². The second-order valence-electron chi connectivity index (χ2n) is 2.34. The van der Waals surface area contributed by atoms with Gasteiger partial charge in [0, 0.05) is 0 Å². The Kier molecular flexibility index (Phi) is 3.09. The quantitative estimate of drug-likeness (QED) is 0.680. The lowest BCUT2D eigenvalue weighted by Crippen LogP contribution is -1.95. The van der Waals surface area contributed by atoms with Gasteiger partial charge in [0.05, 0.1) is 12.8 Å². The third-order valence-corrected chi connectivity index (χ3v) is 1.32. The minimum absolute atomic E-state index is 0.416. The Morgan fingerprint density at radius 1 is 1.58 bits per heavy atom. The molecule has 1 aromatic heterocycles. The van der Waals surface area contributed by atoms with Crippen molar-refractivity contribution in [1.29, 1.82) is 5.26 Å². The summed E-state index contributed by atoms with van der Waals surface area (Å²) >= 11 is 0. The monoisotopic (exact) mass is 162 g/mol. The topological polar surface area (TPSA) is 45.9 Å². The SMILES string of the molecule is CCCOc1ccc(C#N)nc1. The number of nitrogens with zero attached hydrogens (tertiary/aromatic N) is 2. The molecule has 0 aromatic carbocycles. The fourth-order valence-corrected chi connectivity index (χ4v) is 0.752. The van der Waals surface area contributed by atoms with Gasteiger partial charge in [0.15, 0.2) is 0 Å². The van der Waals surface area contributed by atoms with Gasteiger partial charge >= 0.3 is 0 Å². The van der Waals surface area contributed by atoms with E-state index in [0.29, 0.717) is 12.3 Å². The summed E-state index contributed by atoms with van der Waals surface area (Å²) in [5, 5.41) is 8.45. The van der Waals surface area contributed by atoms with E-state index in [9.17, 15) is 0 Å². The summed E-state index contributed by atoms with van der Waals surface area (Å²) in [7, 11) is 0. The zero-order chi connectivity index (χ0) is 8.81. The lowest BCUT2D eigenvalue weighted by Gasteiger charge is -2.01. The second kappa shape index (κ2) is 4.35. The summed E-state index contributed by atoms with van der Waals surface area (Å²) in [5.41, 5.74) is 0.416. The molecule has 3 heteroatoms. The first-order valence-corrected chi connectivity index (χ1v) is 3.85. The average molecular weight is 162 g/mol. The summed E-state index contributed by atoms with van der Waals surface area (Å²) in [6.07, 6.45) is 2.54. The molecule has 0 saturated heterocycles. The Labute approximate surface area is 71.6 Å². The number of rotatable bonds is 3. The third-order valence-electron chi connectivity index (χ3n) is 1.32. The standard InChI is InChI=1S/C9H10N2O/c1-2-5-12-9-4-3-8(6-10)11-7-9/h3-4,7H,2,5H2,1H3. The van der Waals surface area contributed by atoms with E-state index in [4.69, 9.17) is 10.00 Å². The predicted molar refractivity (Wildman–Crippen MR) is 44.7 cm³/mol. The molecule has 0 unspecified atom stereocenters. The minimum atomic E-state index is 0.416. The molecule has 0 bridgehead atoms. The number of hydrogen-bond acceptors (Lipinski definition) is 3. The largest absolute Gasteiger partial charge is 0.492 e. The maximum atomic E-state index is 8.45. The molecular formula is C9H10N2O. The average Bonchev–Trinajstić information content (AvgIpc) is 2.15. The van der Waals surface area contributed by atoms with E-state index in [1.807, 2.05) is 13.0 Å². The van der Waals surface area contributed by atoms with Gasteiger partial charge in [-0.15, -0.1) is 0 Å². The maximum Gasteiger partial charge on any atom is 0.140 e. The van der Waals surface area contributed by atoms with Crippen molar-refractivity contribution in [3.8, 4) is 11.8 Å². The van der Waals surface area contributed by atoms with Crippen LogP contribution in [0.15, 0.2) is 18.3 Å². The van der Waals surface area contributed by atoms with Gasteiger partial charge in [-0.2, -0.15) is 5.26 Å². The van der Waals surface area contributed by atoms with Crippen molar-refractivity contribution in [2.75, 3.05) is 6.61 Å². The van der Waals surface area contributed by atoms with E-state index in [-0.39, 0.29) is 0 Å². The molecule has 1 aromatic rings. The van der Waals surface area contributed by atoms with Gasteiger partial charge in [-0.1, -0.05) is 6.92 Å². The zero-order valence-corrected chi connectivity index (χ0v) is 6.95. The maximum absolute atomic E-state index is 8.45. The minimum Gasteiger partial charge on any atom is -0.492 e. The predicted octanol–water partition coefficient (Wildman–Crippen LogP) is 1.74. The lowest BCUT2D eigenvalue weighted by molar-refractivity contribution is 0.316. The summed E-state index contributed by atoms with van der Waals surface area (Å²) in [6, 6.07) is 5.34. The van der Waals surface area contributed by atoms with Gasteiger partial charge in [-0.25, -0.2) is 4.98 Å². The molecular weight excluding hydrogens is 152 g/mol. The smallest absolute Gasteiger partial charge is 0.140 e. The fourth-order valence-electron chi connectivity index (χ4n) is 0.752. The van der Waals surface area contributed by atoms with E-state index in [1.165, 1.54) is 0 Å². The van der Waals surface area contributed by atoms with E-state index in [0.717, 1.165) is 12.2 Å². The van der Waals surface area contributed by atoms with E-state index < -0.39 is 0 Å². The van der Waals surface area contributed by atoms with Crippen LogP contribution in [-0.4, -0.2) is 11.6 Å². The molecule has 0 aliphatic rings. The van der Waals surface area contributed by atoms with Crippen molar-refractivity contribution in [1.82, 2.24) is 4.98 Å². The third kappa shape index (κ3) is 2.24. The van der Waals surface area contributed by atoms with Gasteiger partial charge in [-0.05, 0) is 18.6 Å². The molecule has 62 valence electrons. The van der Waals surface area contributed by atoms with Crippen LogP contribution in [0.1, 0.15) is 19.0 Å². The molecule has 0 N–H and O–H groups in total. The van der Waals surface area contributed by atoms with Crippen LogP contribution in [0, 0.1) is 11.3 Å². The van der Waals surface area contributed by atoms with E-state index in [2.05, 4.69) is 4.98 Å². The molecule has 0 amide bonds. The highest BCUT2D eigenvalue weighted by Crippen LogP contribution is 2.08. The van der Waals surface area contributed by atoms with Crippen LogP contribution >= 0.6 is 0 Å². The Morgan fingerprint density at radius 3 is 2.92 bits per heavy atom. The molecule has 0 atom stereocenters. The van der Waals surface area contributed by atoms with Crippen molar-refractivity contribution >= 4 is 0 Å². The fraction of sp³-hybridized carbons (Fsp3) is 0.333. The highest BCUT2D eigenvalue weighted by molar-refractivity contribution is 5.26. The summed E-state index contributed by atoms with van der Waals surface area (Å²) in [6.45, 7) is 2.73. The number of hydrogen-bond donors (Lipinski definition) is 0. The van der Waals surface area contributed by atoms with Crippen LogP contribution < -0.4 is 4.74 Å². The van der Waals surface area contributed by atoms with Crippen LogP contribution in [0.5, 0.6) is 5.75 Å². The van der Waals surface area contributed by atoms with Gasteiger partial charge in [0.1, 0.15) is 17.5 Å².